The molecule has 0 aliphatic rings. The van der Waals surface area contributed by atoms with Crippen LogP contribution in [-0.4, -0.2) is 48.5 Å². The highest BCUT2D eigenvalue weighted by molar-refractivity contribution is 7.99. The van der Waals surface area contributed by atoms with Gasteiger partial charge in [-0.1, -0.05) is 13.0 Å². The Labute approximate surface area is 125 Å². The van der Waals surface area contributed by atoms with Gasteiger partial charge in [0.05, 0.1) is 16.9 Å². The lowest BCUT2D eigenvalue weighted by atomic mass is 10.1. The van der Waals surface area contributed by atoms with Crippen molar-refractivity contribution in [3.8, 4) is 6.07 Å². The van der Waals surface area contributed by atoms with Crippen LogP contribution in [-0.2, 0) is 0 Å². The first-order chi connectivity index (χ1) is 9.39. The Bertz CT molecular complexity index is 480. The first-order valence-corrected chi connectivity index (χ1v) is 7.65. The molecule has 20 heavy (non-hydrogen) atoms. The molecule has 1 aromatic rings. The molecule has 1 rings (SSSR count). The van der Waals surface area contributed by atoms with Gasteiger partial charge in [0.2, 0.25) is 0 Å². The van der Waals surface area contributed by atoms with Crippen LogP contribution in [0.4, 0.5) is 5.69 Å². The van der Waals surface area contributed by atoms with Crippen LogP contribution in [0.5, 0.6) is 0 Å². The second-order valence-corrected chi connectivity index (χ2v) is 6.62. The number of nitrogens with zero attached hydrogens (tertiary/aromatic N) is 2. The molecule has 1 aromatic carbocycles. The topological polar surface area (TPSA) is 59.3 Å². The van der Waals surface area contributed by atoms with E-state index in [1.165, 1.54) is 0 Å². The van der Waals surface area contributed by atoms with E-state index < -0.39 is 5.60 Å². The molecule has 2 N–H and O–H groups in total. The van der Waals surface area contributed by atoms with Gasteiger partial charge in [0.25, 0.3) is 0 Å². The Balaban J connectivity index is 2.83. The molecule has 1 atom stereocenters. The van der Waals surface area contributed by atoms with Crippen molar-refractivity contribution in [2.45, 2.75) is 24.3 Å². The Hall–Kier alpha value is -1.22. The van der Waals surface area contributed by atoms with E-state index in [1.54, 1.807) is 18.7 Å². The monoisotopic (exact) mass is 293 g/mol. The second-order valence-electron chi connectivity index (χ2n) is 5.31. The number of nitriles is 1. The number of nitrogens with one attached hydrogen (secondary N) is 1. The fourth-order valence-electron chi connectivity index (χ4n) is 2.09. The third-order valence-corrected chi connectivity index (χ3v) is 3.69. The maximum absolute atomic E-state index is 10.3. The van der Waals surface area contributed by atoms with Crippen LogP contribution in [0.25, 0.3) is 0 Å². The zero-order chi connectivity index (χ0) is 15.2. The quantitative estimate of drug-likeness (QED) is 0.756. The minimum Gasteiger partial charge on any atom is -0.387 e. The largest absolute Gasteiger partial charge is 0.387 e. The van der Waals surface area contributed by atoms with Gasteiger partial charge in [0.1, 0.15) is 6.07 Å². The fourth-order valence-corrected chi connectivity index (χ4v) is 2.88. The van der Waals surface area contributed by atoms with Crippen molar-refractivity contribution in [3.05, 3.63) is 23.8 Å². The molecule has 0 saturated heterocycles. The van der Waals surface area contributed by atoms with E-state index in [-0.39, 0.29) is 0 Å². The summed E-state index contributed by atoms with van der Waals surface area (Å²) in [6.45, 7) is 4.82. The molecule has 0 aliphatic heterocycles. The van der Waals surface area contributed by atoms with Crippen molar-refractivity contribution >= 4 is 17.4 Å². The van der Waals surface area contributed by atoms with Gasteiger partial charge in [-0.15, -0.1) is 11.8 Å². The fraction of sp³-hybridized carbons (Fsp3) is 0.533. The molecule has 0 radical (unpaired) electrons. The van der Waals surface area contributed by atoms with Gasteiger partial charge in [-0.2, -0.15) is 5.26 Å². The van der Waals surface area contributed by atoms with Crippen LogP contribution >= 0.6 is 11.8 Å². The number of benzene rings is 1. The third kappa shape index (κ3) is 5.04. The van der Waals surface area contributed by atoms with E-state index in [0.29, 0.717) is 18.7 Å². The zero-order valence-corrected chi connectivity index (χ0v) is 13.4. The normalized spacial score (nSPS) is 13.8. The van der Waals surface area contributed by atoms with Gasteiger partial charge in [-0.3, -0.25) is 0 Å². The van der Waals surface area contributed by atoms with Gasteiger partial charge in [-0.05, 0) is 38.9 Å². The van der Waals surface area contributed by atoms with E-state index in [4.69, 9.17) is 0 Å². The summed E-state index contributed by atoms with van der Waals surface area (Å²) < 4.78 is 0. The zero-order valence-electron chi connectivity index (χ0n) is 12.6. The summed E-state index contributed by atoms with van der Waals surface area (Å²) in [5.41, 5.74) is 0.592. The number of hydrogen-bond acceptors (Lipinski definition) is 5. The average Bonchev–Trinajstić information content (AvgIpc) is 2.35. The summed E-state index contributed by atoms with van der Waals surface area (Å²) in [6.07, 6.45) is 0. The molecular weight excluding hydrogens is 270 g/mol. The summed E-state index contributed by atoms with van der Waals surface area (Å²) in [7, 11) is 3.85. The van der Waals surface area contributed by atoms with E-state index in [1.807, 2.05) is 37.2 Å². The van der Waals surface area contributed by atoms with Gasteiger partial charge in [-0.25, -0.2) is 0 Å². The third-order valence-electron chi connectivity index (χ3n) is 2.75. The van der Waals surface area contributed by atoms with Crippen molar-refractivity contribution in [2.75, 3.05) is 38.3 Å². The number of thioether (sulfide) groups is 1. The molecule has 0 heterocycles. The average molecular weight is 293 g/mol. The number of rotatable bonds is 7. The Morgan fingerprint density at radius 3 is 2.70 bits per heavy atom. The lowest BCUT2D eigenvalue weighted by molar-refractivity contribution is 0.0460. The Morgan fingerprint density at radius 2 is 2.15 bits per heavy atom. The molecule has 0 bridgehead atoms. The first-order valence-electron chi connectivity index (χ1n) is 6.66. The molecule has 0 spiro atoms. The molecule has 1 unspecified atom stereocenters. The first kappa shape index (κ1) is 16.8. The lowest BCUT2D eigenvalue weighted by Crippen LogP contribution is -2.43. The van der Waals surface area contributed by atoms with Gasteiger partial charge >= 0.3 is 0 Å². The number of hydrogen-bond donors (Lipinski definition) is 2. The van der Waals surface area contributed by atoms with Gasteiger partial charge in [0.15, 0.2) is 0 Å². The maximum Gasteiger partial charge on any atom is 0.102 e. The number of likely N-dealkylation sites (N-methyl/N-ethyl adjacent to an activating group) is 1. The predicted molar refractivity (Wildman–Crippen MR) is 85.2 cm³/mol. The SMILES string of the molecule is CCSc1cccc(NCC(C)(O)CN(C)C)c1C#N. The maximum atomic E-state index is 10.3. The van der Waals surface area contributed by atoms with E-state index in [9.17, 15) is 10.4 Å². The Kier molecular flexibility index (Phi) is 6.34. The van der Waals surface area contributed by atoms with Crippen LogP contribution in [0.15, 0.2) is 23.1 Å². The van der Waals surface area contributed by atoms with E-state index in [2.05, 4.69) is 18.3 Å². The molecule has 0 aromatic heterocycles. The van der Waals surface area contributed by atoms with Crippen molar-refractivity contribution in [1.29, 1.82) is 5.26 Å². The summed E-state index contributed by atoms with van der Waals surface area (Å²) in [5.74, 6) is 0.927. The molecule has 4 nitrogen and oxygen atoms in total. The molecule has 0 amide bonds. The predicted octanol–water partition coefficient (Wildman–Crippen LogP) is 2.39. The summed E-state index contributed by atoms with van der Waals surface area (Å²) in [5, 5.41) is 22.8. The molecule has 0 aliphatic carbocycles. The van der Waals surface area contributed by atoms with E-state index >= 15 is 0 Å². The van der Waals surface area contributed by atoms with Crippen molar-refractivity contribution in [2.24, 2.45) is 0 Å². The summed E-state index contributed by atoms with van der Waals surface area (Å²) in [6, 6.07) is 8.02. The molecule has 110 valence electrons. The van der Waals surface area contributed by atoms with Gasteiger partial charge in [0, 0.05) is 18.0 Å². The summed E-state index contributed by atoms with van der Waals surface area (Å²) in [4.78, 5) is 2.92. The number of anilines is 1. The van der Waals surface area contributed by atoms with Gasteiger partial charge < -0.3 is 15.3 Å². The molecular formula is C15H23N3OS. The van der Waals surface area contributed by atoms with Crippen LogP contribution in [0.3, 0.4) is 0 Å². The molecule has 0 saturated carbocycles. The number of aliphatic hydroxyl groups is 1. The minimum absolute atomic E-state index is 0.403. The van der Waals surface area contributed by atoms with Crippen LogP contribution in [0.2, 0.25) is 0 Å². The van der Waals surface area contributed by atoms with Crippen LogP contribution < -0.4 is 5.32 Å². The second kappa shape index (κ2) is 7.53. The standard InChI is InChI=1S/C15H23N3OS/c1-5-20-14-8-6-7-13(12(14)9-16)17-10-15(2,19)11-18(3)4/h6-8,17,19H,5,10-11H2,1-4H3. The highest BCUT2D eigenvalue weighted by Gasteiger charge is 2.21. The minimum atomic E-state index is -0.843. The lowest BCUT2D eigenvalue weighted by Gasteiger charge is -2.27. The van der Waals surface area contributed by atoms with Crippen LogP contribution in [0.1, 0.15) is 19.4 Å². The van der Waals surface area contributed by atoms with Crippen molar-refractivity contribution < 1.29 is 5.11 Å². The molecule has 0 fully saturated rings. The summed E-state index contributed by atoms with van der Waals surface area (Å²) >= 11 is 1.65. The van der Waals surface area contributed by atoms with Crippen molar-refractivity contribution in [1.82, 2.24) is 4.90 Å². The smallest absolute Gasteiger partial charge is 0.102 e. The van der Waals surface area contributed by atoms with Crippen LogP contribution in [0, 0.1) is 11.3 Å². The van der Waals surface area contributed by atoms with E-state index in [0.717, 1.165) is 16.3 Å². The molecule has 5 heteroatoms. The highest BCUT2D eigenvalue weighted by atomic mass is 32.2. The highest BCUT2D eigenvalue weighted by Crippen LogP contribution is 2.28. The Morgan fingerprint density at radius 1 is 1.45 bits per heavy atom. The van der Waals surface area contributed by atoms with Crippen molar-refractivity contribution in [3.63, 3.8) is 0 Å².